The van der Waals surface area contributed by atoms with Gasteiger partial charge < -0.3 is 4.90 Å². The minimum Gasteiger partial charge on any atom is -0.341 e. The van der Waals surface area contributed by atoms with E-state index in [0.29, 0.717) is 19.0 Å². The Hall–Kier alpha value is -2.55. The number of likely N-dealkylation sites (tertiary alicyclic amines) is 1. The van der Waals surface area contributed by atoms with E-state index in [9.17, 15) is 26.4 Å². The fourth-order valence-electron chi connectivity index (χ4n) is 3.47. The number of amides is 1. The monoisotopic (exact) mass is 454 g/mol. The lowest BCUT2D eigenvalue weighted by Gasteiger charge is -2.33. The summed E-state index contributed by atoms with van der Waals surface area (Å²) in [6.45, 7) is 4.31. The summed E-state index contributed by atoms with van der Waals surface area (Å²) in [6.07, 6.45) is -3.03. The SMILES string of the molecule is Cc1ccc(S(=O)(=O)N(CC(=O)N2CCC(C)CC2)c2cccc(C(F)(F)F)c2)cc1. The van der Waals surface area contributed by atoms with Crippen molar-refractivity contribution in [2.75, 3.05) is 23.9 Å². The van der Waals surface area contributed by atoms with E-state index in [-0.39, 0.29) is 10.6 Å². The van der Waals surface area contributed by atoms with Gasteiger partial charge in [-0.15, -0.1) is 0 Å². The van der Waals surface area contributed by atoms with Gasteiger partial charge in [-0.25, -0.2) is 8.42 Å². The van der Waals surface area contributed by atoms with E-state index in [4.69, 9.17) is 0 Å². The van der Waals surface area contributed by atoms with Gasteiger partial charge in [-0.2, -0.15) is 13.2 Å². The van der Waals surface area contributed by atoms with Crippen molar-refractivity contribution in [2.24, 2.45) is 5.92 Å². The standard InChI is InChI=1S/C22H25F3N2O3S/c1-16-6-8-20(9-7-16)31(29,30)27(15-21(28)26-12-10-17(2)11-13-26)19-5-3-4-18(14-19)22(23,24)25/h3-9,14,17H,10-13,15H2,1-2H3. The molecule has 0 atom stereocenters. The molecule has 1 heterocycles. The predicted octanol–water partition coefficient (Wildman–Crippen LogP) is 4.47. The number of anilines is 1. The van der Waals surface area contributed by atoms with Crippen molar-refractivity contribution in [1.82, 2.24) is 4.90 Å². The quantitative estimate of drug-likeness (QED) is 0.670. The number of piperidine rings is 1. The third-order valence-corrected chi connectivity index (χ3v) is 7.27. The first-order valence-electron chi connectivity index (χ1n) is 10.0. The summed E-state index contributed by atoms with van der Waals surface area (Å²) in [7, 11) is -4.26. The van der Waals surface area contributed by atoms with Crippen LogP contribution in [0, 0.1) is 12.8 Å². The first-order chi connectivity index (χ1) is 14.5. The van der Waals surface area contributed by atoms with Crippen LogP contribution >= 0.6 is 0 Å². The number of alkyl halides is 3. The number of hydrogen-bond donors (Lipinski definition) is 0. The van der Waals surface area contributed by atoms with Gasteiger partial charge in [-0.3, -0.25) is 9.10 Å². The summed E-state index contributed by atoms with van der Waals surface area (Å²) in [6, 6.07) is 10.0. The molecule has 0 spiro atoms. The second kappa shape index (κ2) is 8.90. The molecule has 0 aromatic heterocycles. The molecule has 1 saturated heterocycles. The maximum absolute atomic E-state index is 13.3. The van der Waals surface area contributed by atoms with Crippen LogP contribution in [0.4, 0.5) is 18.9 Å². The maximum Gasteiger partial charge on any atom is 0.416 e. The molecule has 9 heteroatoms. The molecule has 1 aliphatic heterocycles. The van der Waals surface area contributed by atoms with Crippen LogP contribution in [0.5, 0.6) is 0 Å². The number of benzene rings is 2. The summed E-state index contributed by atoms with van der Waals surface area (Å²) in [5.74, 6) is 0.0416. The first kappa shape index (κ1) is 23.1. The van der Waals surface area contributed by atoms with E-state index in [1.54, 1.807) is 24.0 Å². The highest BCUT2D eigenvalue weighted by Crippen LogP contribution is 2.33. The minimum absolute atomic E-state index is 0.0874. The zero-order chi connectivity index (χ0) is 22.8. The minimum atomic E-state index is -4.64. The average molecular weight is 455 g/mol. The van der Waals surface area contributed by atoms with Gasteiger partial charge in [-0.1, -0.05) is 30.7 Å². The Bertz CT molecular complexity index is 1030. The Kier molecular flexibility index (Phi) is 6.64. The topological polar surface area (TPSA) is 57.7 Å². The molecule has 5 nitrogen and oxygen atoms in total. The van der Waals surface area contributed by atoms with Crippen molar-refractivity contribution in [3.63, 3.8) is 0 Å². The molecule has 3 rings (SSSR count). The van der Waals surface area contributed by atoms with Crippen LogP contribution in [0.1, 0.15) is 30.9 Å². The molecule has 0 aliphatic carbocycles. The molecule has 0 bridgehead atoms. The second-order valence-electron chi connectivity index (χ2n) is 7.94. The molecule has 168 valence electrons. The molecule has 2 aromatic rings. The molecule has 1 fully saturated rings. The lowest BCUT2D eigenvalue weighted by atomic mass is 9.99. The van der Waals surface area contributed by atoms with Crippen molar-refractivity contribution in [1.29, 1.82) is 0 Å². The number of carbonyl (C=O) groups excluding carboxylic acids is 1. The van der Waals surface area contributed by atoms with Crippen LogP contribution in [-0.4, -0.2) is 38.9 Å². The third-order valence-electron chi connectivity index (χ3n) is 5.49. The number of halogens is 3. The molecule has 1 aliphatic rings. The van der Waals surface area contributed by atoms with Crippen molar-refractivity contribution in [2.45, 2.75) is 37.8 Å². The van der Waals surface area contributed by atoms with Crippen LogP contribution < -0.4 is 4.31 Å². The van der Waals surface area contributed by atoms with Crippen molar-refractivity contribution < 1.29 is 26.4 Å². The molecule has 0 radical (unpaired) electrons. The molecule has 2 aromatic carbocycles. The summed E-state index contributed by atoms with van der Waals surface area (Å²) in [4.78, 5) is 14.4. The third kappa shape index (κ3) is 5.39. The maximum atomic E-state index is 13.3. The highest BCUT2D eigenvalue weighted by atomic mass is 32.2. The van der Waals surface area contributed by atoms with Crippen molar-refractivity contribution in [3.05, 3.63) is 59.7 Å². The molecule has 1 amide bonds. The Balaban J connectivity index is 2.00. The fraction of sp³-hybridized carbons (Fsp3) is 0.409. The van der Waals surface area contributed by atoms with Crippen molar-refractivity contribution in [3.8, 4) is 0 Å². The average Bonchev–Trinajstić information content (AvgIpc) is 2.72. The van der Waals surface area contributed by atoms with Gasteiger partial charge in [0.05, 0.1) is 16.1 Å². The van der Waals surface area contributed by atoms with Crippen LogP contribution in [0.3, 0.4) is 0 Å². The van der Waals surface area contributed by atoms with Gasteiger partial charge in [0.25, 0.3) is 10.0 Å². The highest BCUT2D eigenvalue weighted by Gasteiger charge is 2.34. The van der Waals surface area contributed by atoms with E-state index in [2.05, 4.69) is 6.92 Å². The molecular weight excluding hydrogens is 429 g/mol. The van der Waals surface area contributed by atoms with Gasteiger partial charge in [-0.05, 0) is 56.0 Å². The second-order valence-corrected chi connectivity index (χ2v) is 9.80. The fourth-order valence-corrected chi connectivity index (χ4v) is 4.88. The van der Waals surface area contributed by atoms with Gasteiger partial charge in [0.2, 0.25) is 5.91 Å². The summed E-state index contributed by atoms with van der Waals surface area (Å²) >= 11 is 0. The zero-order valence-electron chi connectivity index (χ0n) is 17.4. The van der Waals surface area contributed by atoms with E-state index < -0.39 is 34.2 Å². The summed E-state index contributed by atoms with van der Waals surface area (Å²) in [5, 5.41) is 0. The van der Waals surface area contributed by atoms with E-state index in [1.807, 2.05) is 0 Å². The van der Waals surface area contributed by atoms with Crippen LogP contribution in [0.25, 0.3) is 0 Å². The smallest absolute Gasteiger partial charge is 0.341 e. The Morgan fingerprint density at radius 1 is 1.10 bits per heavy atom. The van der Waals surface area contributed by atoms with Gasteiger partial charge in [0, 0.05) is 13.1 Å². The molecule has 31 heavy (non-hydrogen) atoms. The number of hydrogen-bond acceptors (Lipinski definition) is 3. The summed E-state index contributed by atoms with van der Waals surface area (Å²) in [5.41, 5.74) is -0.342. The van der Waals surface area contributed by atoms with Crippen LogP contribution in [-0.2, 0) is 21.0 Å². The number of nitrogens with zero attached hydrogens (tertiary/aromatic N) is 2. The van der Waals surface area contributed by atoms with E-state index in [0.717, 1.165) is 40.9 Å². The van der Waals surface area contributed by atoms with Gasteiger partial charge in [0.1, 0.15) is 6.54 Å². The number of sulfonamides is 1. The molecular formula is C22H25F3N2O3S. The normalized spacial score (nSPS) is 15.7. The Morgan fingerprint density at radius 3 is 2.29 bits per heavy atom. The summed E-state index contributed by atoms with van der Waals surface area (Å²) < 4.78 is 67.2. The van der Waals surface area contributed by atoms with Gasteiger partial charge >= 0.3 is 6.18 Å². The van der Waals surface area contributed by atoms with E-state index in [1.165, 1.54) is 18.2 Å². The molecule has 0 saturated carbocycles. The first-order valence-corrected chi connectivity index (χ1v) is 11.5. The lowest BCUT2D eigenvalue weighted by molar-refractivity contribution is -0.137. The van der Waals surface area contributed by atoms with E-state index >= 15 is 0 Å². The Labute approximate surface area is 180 Å². The van der Waals surface area contributed by atoms with Crippen LogP contribution in [0.15, 0.2) is 53.4 Å². The van der Waals surface area contributed by atoms with Crippen molar-refractivity contribution >= 4 is 21.6 Å². The highest BCUT2D eigenvalue weighted by molar-refractivity contribution is 7.92. The predicted molar refractivity (Wildman–Crippen MR) is 112 cm³/mol. The lowest BCUT2D eigenvalue weighted by Crippen LogP contribution is -2.45. The Morgan fingerprint density at radius 2 is 1.71 bits per heavy atom. The molecule has 0 N–H and O–H groups in total. The number of aryl methyl sites for hydroxylation is 1. The largest absolute Gasteiger partial charge is 0.416 e. The van der Waals surface area contributed by atoms with Crippen LogP contribution in [0.2, 0.25) is 0 Å². The number of rotatable bonds is 5. The zero-order valence-corrected chi connectivity index (χ0v) is 18.2. The molecule has 0 unspecified atom stereocenters. The number of carbonyl (C=O) groups is 1. The van der Waals surface area contributed by atoms with Gasteiger partial charge in [0.15, 0.2) is 0 Å².